The fraction of sp³-hybridized carbons (Fsp3) is 0.105. The number of fused-ring (bicyclic) bond motifs is 1. The van der Waals surface area contributed by atoms with Crippen molar-refractivity contribution in [1.29, 1.82) is 0 Å². The number of aryl methyl sites for hydroxylation is 2. The van der Waals surface area contributed by atoms with Crippen LogP contribution in [-0.2, 0) is 0 Å². The number of hydrogen-bond acceptors (Lipinski definition) is 4. The maximum Gasteiger partial charge on any atom is 0.279 e. The van der Waals surface area contributed by atoms with Gasteiger partial charge in [-0.15, -0.1) is 0 Å². The first kappa shape index (κ1) is 15.1. The molecule has 4 rings (SSSR count). The van der Waals surface area contributed by atoms with Crippen LogP contribution in [0.4, 0.5) is 5.82 Å². The Bertz CT molecular complexity index is 1060. The molecule has 0 unspecified atom stereocenters. The molecule has 0 aliphatic rings. The molecule has 25 heavy (non-hydrogen) atoms. The van der Waals surface area contributed by atoms with Crippen molar-refractivity contribution in [2.45, 2.75) is 13.8 Å². The molecule has 0 atom stereocenters. The highest BCUT2D eigenvalue weighted by Crippen LogP contribution is 2.29. The lowest BCUT2D eigenvalue weighted by Crippen LogP contribution is -2.14. The SMILES string of the molecule is Cc1ccc2nc(-c3ccccc3)c(NC(=O)c3cc(C)on3)n2c1. The van der Waals surface area contributed by atoms with Gasteiger partial charge in [0.05, 0.1) is 0 Å². The zero-order chi connectivity index (χ0) is 17.4. The first-order chi connectivity index (χ1) is 12.1. The summed E-state index contributed by atoms with van der Waals surface area (Å²) in [5.74, 6) is 0.857. The van der Waals surface area contributed by atoms with E-state index < -0.39 is 0 Å². The van der Waals surface area contributed by atoms with Gasteiger partial charge in [0.2, 0.25) is 0 Å². The quantitative estimate of drug-likeness (QED) is 0.618. The van der Waals surface area contributed by atoms with Crippen LogP contribution >= 0.6 is 0 Å². The molecule has 0 saturated carbocycles. The molecule has 3 heterocycles. The summed E-state index contributed by atoms with van der Waals surface area (Å²) in [5, 5.41) is 6.71. The van der Waals surface area contributed by atoms with Crippen LogP contribution in [0.5, 0.6) is 0 Å². The Kier molecular flexibility index (Phi) is 3.57. The highest BCUT2D eigenvalue weighted by Gasteiger charge is 2.19. The molecule has 6 nitrogen and oxygen atoms in total. The van der Waals surface area contributed by atoms with E-state index in [1.165, 1.54) is 0 Å². The second kappa shape index (κ2) is 5.90. The number of anilines is 1. The molecule has 0 bridgehead atoms. The van der Waals surface area contributed by atoms with Gasteiger partial charge >= 0.3 is 0 Å². The first-order valence-corrected chi connectivity index (χ1v) is 7.90. The van der Waals surface area contributed by atoms with Crippen LogP contribution in [0.25, 0.3) is 16.9 Å². The Labute approximate surface area is 144 Å². The van der Waals surface area contributed by atoms with Gasteiger partial charge in [-0.25, -0.2) is 4.98 Å². The van der Waals surface area contributed by atoms with E-state index in [0.717, 1.165) is 16.8 Å². The Balaban J connectivity index is 1.85. The van der Waals surface area contributed by atoms with Crippen LogP contribution in [0.15, 0.2) is 59.3 Å². The summed E-state index contributed by atoms with van der Waals surface area (Å²) in [7, 11) is 0. The average molecular weight is 332 g/mol. The van der Waals surface area contributed by atoms with Crippen LogP contribution in [0, 0.1) is 13.8 Å². The lowest BCUT2D eigenvalue weighted by Gasteiger charge is -2.07. The number of benzene rings is 1. The van der Waals surface area contributed by atoms with Crippen molar-refractivity contribution in [3.63, 3.8) is 0 Å². The third-order valence-electron chi connectivity index (χ3n) is 3.91. The highest BCUT2D eigenvalue weighted by atomic mass is 16.5. The molecule has 1 aromatic carbocycles. The van der Waals surface area contributed by atoms with Gasteiger partial charge in [0.15, 0.2) is 5.69 Å². The van der Waals surface area contributed by atoms with Crippen molar-refractivity contribution in [2.24, 2.45) is 0 Å². The van der Waals surface area contributed by atoms with Crippen molar-refractivity contribution in [1.82, 2.24) is 14.5 Å². The number of pyridine rings is 1. The van der Waals surface area contributed by atoms with Crippen molar-refractivity contribution in [3.8, 4) is 11.3 Å². The van der Waals surface area contributed by atoms with Gasteiger partial charge in [0, 0.05) is 17.8 Å². The minimum atomic E-state index is -0.336. The first-order valence-electron chi connectivity index (χ1n) is 7.90. The van der Waals surface area contributed by atoms with Crippen LogP contribution in [0.2, 0.25) is 0 Å². The molecule has 6 heteroatoms. The summed E-state index contributed by atoms with van der Waals surface area (Å²) in [5.41, 5.74) is 3.70. The van der Waals surface area contributed by atoms with Gasteiger partial charge in [-0.3, -0.25) is 9.20 Å². The van der Waals surface area contributed by atoms with E-state index in [-0.39, 0.29) is 11.6 Å². The van der Waals surface area contributed by atoms with E-state index in [0.29, 0.717) is 17.3 Å². The summed E-state index contributed by atoms with van der Waals surface area (Å²) in [4.78, 5) is 17.2. The van der Waals surface area contributed by atoms with Crippen LogP contribution in [-0.4, -0.2) is 20.4 Å². The average Bonchev–Trinajstić information content (AvgIpc) is 3.20. The number of hydrogen-bond donors (Lipinski definition) is 1. The molecule has 1 amide bonds. The van der Waals surface area contributed by atoms with Crippen LogP contribution < -0.4 is 5.32 Å². The maximum absolute atomic E-state index is 12.6. The van der Waals surface area contributed by atoms with E-state index >= 15 is 0 Å². The Hall–Kier alpha value is -3.41. The van der Waals surface area contributed by atoms with Crippen molar-refractivity contribution < 1.29 is 9.32 Å². The monoisotopic (exact) mass is 332 g/mol. The van der Waals surface area contributed by atoms with E-state index in [1.54, 1.807) is 13.0 Å². The molecule has 0 aliphatic heterocycles. The van der Waals surface area contributed by atoms with E-state index in [9.17, 15) is 4.79 Å². The lowest BCUT2D eigenvalue weighted by atomic mass is 10.1. The normalized spacial score (nSPS) is 11.0. The predicted molar refractivity (Wildman–Crippen MR) is 94.6 cm³/mol. The van der Waals surface area contributed by atoms with Gasteiger partial charge in [-0.2, -0.15) is 0 Å². The van der Waals surface area contributed by atoms with Gasteiger partial charge in [-0.05, 0) is 25.5 Å². The number of nitrogens with zero attached hydrogens (tertiary/aromatic N) is 3. The second-order valence-electron chi connectivity index (χ2n) is 5.89. The van der Waals surface area contributed by atoms with Crippen LogP contribution in [0.3, 0.4) is 0 Å². The van der Waals surface area contributed by atoms with E-state index in [4.69, 9.17) is 4.52 Å². The Morgan fingerprint density at radius 3 is 2.64 bits per heavy atom. The number of amides is 1. The molecule has 0 radical (unpaired) electrons. The topological polar surface area (TPSA) is 72.4 Å². The maximum atomic E-state index is 12.6. The molecule has 4 aromatic rings. The van der Waals surface area contributed by atoms with E-state index in [1.807, 2.05) is 60.0 Å². The van der Waals surface area contributed by atoms with Crippen molar-refractivity contribution >= 4 is 17.4 Å². The minimum Gasteiger partial charge on any atom is -0.361 e. The van der Waals surface area contributed by atoms with Crippen LogP contribution in [0.1, 0.15) is 21.8 Å². The molecule has 124 valence electrons. The third-order valence-corrected chi connectivity index (χ3v) is 3.91. The largest absolute Gasteiger partial charge is 0.361 e. The van der Waals surface area contributed by atoms with Crippen molar-refractivity contribution in [3.05, 3.63) is 71.7 Å². The second-order valence-corrected chi connectivity index (χ2v) is 5.89. The summed E-state index contributed by atoms with van der Waals surface area (Å²) in [6.07, 6.45) is 1.94. The van der Waals surface area contributed by atoms with Gasteiger partial charge < -0.3 is 9.84 Å². The molecule has 3 aromatic heterocycles. The molecule has 0 spiro atoms. The number of nitrogens with one attached hydrogen (secondary N) is 1. The number of carbonyl (C=O) groups excluding carboxylic acids is 1. The predicted octanol–water partition coefficient (Wildman–Crippen LogP) is 3.86. The smallest absolute Gasteiger partial charge is 0.279 e. The number of carbonyl (C=O) groups is 1. The molecular formula is C19H16N4O2. The minimum absolute atomic E-state index is 0.235. The fourth-order valence-electron chi connectivity index (χ4n) is 2.71. The third kappa shape index (κ3) is 2.78. The Morgan fingerprint density at radius 2 is 1.92 bits per heavy atom. The highest BCUT2D eigenvalue weighted by molar-refractivity contribution is 6.04. The summed E-state index contributed by atoms with van der Waals surface area (Å²) in [6.45, 7) is 3.74. The molecule has 1 N–H and O–H groups in total. The molecule has 0 saturated heterocycles. The van der Waals surface area contributed by atoms with E-state index in [2.05, 4.69) is 15.5 Å². The zero-order valence-corrected chi connectivity index (χ0v) is 13.9. The summed E-state index contributed by atoms with van der Waals surface area (Å²) in [6, 6.07) is 15.3. The number of aromatic nitrogens is 3. The fourth-order valence-corrected chi connectivity index (χ4v) is 2.71. The van der Waals surface area contributed by atoms with Gasteiger partial charge in [-0.1, -0.05) is 41.6 Å². The van der Waals surface area contributed by atoms with Crippen molar-refractivity contribution in [2.75, 3.05) is 5.32 Å². The van der Waals surface area contributed by atoms with Gasteiger partial charge in [0.1, 0.15) is 22.9 Å². The van der Waals surface area contributed by atoms with Gasteiger partial charge in [0.25, 0.3) is 5.91 Å². The molecule has 0 fully saturated rings. The zero-order valence-electron chi connectivity index (χ0n) is 13.9. The number of imidazole rings is 1. The molecule has 0 aliphatic carbocycles. The summed E-state index contributed by atoms with van der Waals surface area (Å²) < 4.78 is 6.87. The summed E-state index contributed by atoms with van der Waals surface area (Å²) >= 11 is 0. The lowest BCUT2D eigenvalue weighted by molar-refractivity contribution is 0.101. The number of rotatable bonds is 3. The standard InChI is InChI=1S/C19H16N4O2/c1-12-8-9-16-20-17(14-6-4-3-5-7-14)18(23(16)11-12)21-19(24)15-10-13(2)25-22-15/h3-11H,1-2H3,(H,21,24). The Morgan fingerprint density at radius 1 is 1.12 bits per heavy atom. The molecular weight excluding hydrogens is 316 g/mol.